The molecule has 134 valence electrons. The van der Waals surface area contributed by atoms with Crippen molar-refractivity contribution >= 4 is 23.7 Å². The quantitative estimate of drug-likeness (QED) is 0.400. The monoisotopic (exact) mass is 361 g/mol. The maximum absolute atomic E-state index is 12.8. The van der Waals surface area contributed by atoms with Crippen LogP contribution in [0, 0.1) is 0 Å². The number of rotatable bonds is 5. The number of benzene rings is 2. The standard InChI is InChI=1S/C18H14N6O3/c25-15(19-18-20-22-23-21-18)14(10-11-6-2-1-3-7-11)24-16(26)12-8-4-5-9-13(12)17(24)27/h1-9,14H,10H2,(H2,19,20,21,22,23,25)/p-1/t14-/m0/s1. The van der Waals surface area contributed by atoms with Crippen molar-refractivity contribution in [2.45, 2.75) is 12.5 Å². The van der Waals surface area contributed by atoms with Crippen molar-refractivity contribution < 1.29 is 14.7 Å². The van der Waals surface area contributed by atoms with Gasteiger partial charge in [0.15, 0.2) is 0 Å². The molecule has 0 unspecified atom stereocenters. The van der Waals surface area contributed by atoms with Crippen LogP contribution in [-0.2, 0) is 6.42 Å². The fourth-order valence-corrected chi connectivity index (χ4v) is 2.99. The first-order valence-corrected chi connectivity index (χ1v) is 8.15. The normalized spacial score (nSPS) is 15.1. The molecule has 3 aromatic rings. The van der Waals surface area contributed by atoms with Gasteiger partial charge in [-0.15, -0.1) is 5.10 Å². The van der Waals surface area contributed by atoms with E-state index in [0.29, 0.717) is 0 Å². The lowest BCUT2D eigenvalue weighted by atomic mass is 10.0. The number of hydrogen-bond acceptors (Lipinski definition) is 7. The third-order valence-electron chi connectivity index (χ3n) is 4.24. The van der Waals surface area contributed by atoms with Gasteiger partial charge in [-0.3, -0.25) is 14.5 Å². The number of aromatic amines is 1. The predicted molar refractivity (Wildman–Crippen MR) is 92.1 cm³/mol. The zero-order valence-corrected chi connectivity index (χ0v) is 13.9. The second-order valence-electron chi connectivity index (χ2n) is 5.89. The number of carbonyl (C=O) groups is 2. The van der Waals surface area contributed by atoms with Crippen molar-refractivity contribution in [1.82, 2.24) is 25.5 Å². The number of nitrogens with one attached hydrogen (secondary N) is 1. The largest absolute Gasteiger partial charge is 0.860 e. The molecule has 9 nitrogen and oxygen atoms in total. The Bertz CT molecular complexity index is 982. The first-order chi connectivity index (χ1) is 13.1. The van der Waals surface area contributed by atoms with E-state index >= 15 is 0 Å². The van der Waals surface area contributed by atoms with E-state index in [-0.39, 0.29) is 23.5 Å². The van der Waals surface area contributed by atoms with Gasteiger partial charge >= 0.3 is 0 Å². The van der Waals surface area contributed by atoms with Crippen LogP contribution in [0.25, 0.3) is 0 Å². The third kappa shape index (κ3) is 3.06. The fourth-order valence-electron chi connectivity index (χ4n) is 2.99. The lowest BCUT2D eigenvalue weighted by Gasteiger charge is -2.30. The van der Waals surface area contributed by atoms with Gasteiger partial charge in [0, 0.05) is 0 Å². The van der Waals surface area contributed by atoms with Crippen LogP contribution in [0.3, 0.4) is 0 Å². The Kier molecular flexibility index (Phi) is 4.17. The molecule has 1 N–H and O–H groups in total. The molecule has 0 spiro atoms. The average Bonchev–Trinajstić information content (AvgIpc) is 3.28. The molecule has 9 heteroatoms. The maximum Gasteiger partial charge on any atom is 0.288 e. The number of aromatic nitrogens is 4. The van der Waals surface area contributed by atoms with Crippen LogP contribution in [0.1, 0.15) is 26.3 Å². The van der Waals surface area contributed by atoms with E-state index in [9.17, 15) is 14.7 Å². The SMILES string of the molecule is O=C1c2ccccc2C(=O)N1[C@@H](Cc1ccccc1)C([O-])=Nc1nn[nH]n1. The van der Waals surface area contributed by atoms with Crippen molar-refractivity contribution in [3.8, 4) is 0 Å². The van der Waals surface area contributed by atoms with Crippen LogP contribution >= 0.6 is 0 Å². The number of tetrazole rings is 1. The number of imide groups is 1. The van der Waals surface area contributed by atoms with Gasteiger partial charge < -0.3 is 5.11 Å². The first-order valence-electron chi connectivity index (χ1n) is 8.15. The minimum absolute atomic E-state index is 0.131. The molecule has 1 aliphatic heterocycles. The summed E-state index contributed by atoms with van der Waals surface area (Å²) in [5.74, 6) is -1.90. The van der Waals surface area contributed by atoms with Crippen LogP contribution in [-0.4, -0.2) is 49.3 Å². The Hall–Kier alpha value is -3.88. The second kappa shape index (κ2) is 6.79. The summed E-state index contributed by atoms with van der Waals surface area (Å²) in [6.07, 6.45) is 0.131. The van der Waals surface area contributed by atoms with Crippen molar-refractivity contribution in [2.24, 2.45) is 4.99 Å². The average molecular weight is 361 g/mol. The Balaban J connectivity index is 1.74. The molecule has 1 aliphatic rings. The highest BCUT2D eigenvalue weighted by molar-refractivity contribution is 6.22. The zero-order chi connectivity index (χ0) is 18.8. The van der Waals surface area contributed by atoms with Gasteiger partial charge in [0.1, 0.15) is 0 Å². The minimum atomic E-state index is -1.11. The third-order valence-corrected chi connectivity index (χ3v) is 4.24. The molecule has 27 heavy (non-hydrogen) atoms. The number of H-pyrrole nitrogens is 1. The van der Waals surface area contributed by atoms with E-state index in [1.54, 1.807) is 24.3 Å². The number of carbonyl (C=O) groups excluding carboxylic acids is 2. The van der Waals surface area contributed by atoms with Gasteiger partial charge in [-0.1, -0.05) is 47.6 Å². The highest BCUT2D eigenvalue weighted by atomic mass is 16.3. The van der Waals surface area contributed by atoms with E-state index in [1.807, 2.05) is 30.3 Å². The van der Waals surface area contributed by atoms with Gasteiger partial charge in [0.25, 0.3) is 17.8 Å². The predicted octanol–water partition coefficient (Wildman–Crippen LogP) is 0.497. The van der Waals surface area contributed by atoms with Crippen LogP contribution in [0.5, 0.6) is 0 Å². The fraction of sp³-hybridized carbons (Fsp3) is 0.111. The van der Waals surface area contributed by atoms with Crippen LogP contribution in [0.4, 0.5) is 5.95 Å². The Morgan fingerprint density at radius 3 is 2.26 bits per heavy atom. The van der Waals surface area contributed by atoms with Gasteiger partial charge in [-0.05, 0) is 35.2 Å². The lowest BCUT2D eigenvalue weighted by molar-refractivity contribution is -0.223. The van der Waals surface area contributed by atoms with Crippen LogP contribution < -0.4 is 5.11 Å². The summed E-state index contributed by atoms with van der Waals surface area (Å²) in [6, 6.07) is 14.5. The summed E-state index contributed by atoms with van der Waals surface area (Å²) in [7, 11) is 0. The van der Waals surface area contributed by atoms with E-state index in [0.717, 1.165) is 10.5 Å². The molecule has 2 amide bonds. The van der Waals surface area contributed by atoms with Crippen LogP contribution in [0.2, 0.25) is 0 Å². The highest BCUT2D eigenvalue weighted by Gasteiger charge is 2.40. The Morgan fingerprint density at radius 2 is 1.67 bits per heavy atom. The topological polar surface area (TPSA) is 127 Å². The highest BCUT2D eigenvalue weighted by Crippen LogP contribution is 2.26. The summed E-state index contributed by atoms with van der Waals surface area (Å²) in [4.78, 5) is 30.4. The molecule has 1 aromatic heterocycles. The molecule has 0 fully saturated rings. The summed E-state index contributed by atoms with van der Waals surface area (Å²) < 4.78 is 0. The second-order valence-corrected chi connectivity index (χ2v) is 5.89. The van der Waals surface area contributed by atoms with Gasteiger partial charge in [-0.2, -0.15) is 5.21 Å². The van der Waals surface area contributed by atoms with Crippen molar-refractivity contribution in [1.29, 1.82) is 0 Å². The summed E-state index contributed by atoms with van der Waals surface area (Å²) in [6.45, 7) is 0. The molecule has 1 atom stereocenters. The summed E-state index contributed by atoms with van der Waals surface area (Å²) >= 11 is 0. The molecular formula is C18H13N6O3-. The zero-order valence-electron chi connectivity index (χ0n) is 13.9. The molecule has 0 saturated heterocycles. The van der Waals surface area contributed by atoms with Gasteiger partial charge in [0.2, 0.25) is 0 Å². The van der Waals surface area contributed by atoms with E-state index in [2.05, 4.69) is 25.6 Å². The molecule has 2 heterocycles. The molecule has 0 bridgehead atoms. The summed E-state index contributed by atoms with van der Waals surface area (Å²) in [5.41, 5.74) is 1.33. The van der Waals surface area contributed by atoms with Gasteiger partial charge in [-0.25, -0.2) is 4.99 Å². The smallest absolute Gasteiger partial charge is 0.288 e. The number of nitrogens with zero attached hydrogens (tertiary/aromatic N) is 5. The van der Waals surface area contributed by atoms with Crippen molar-refractivity contribution in [3.05, 3.63) is 71.3 Å². The first kappa shape index (κ1) is 16.6. The molecule has 4 rings (SSSR count). The minimum Gasteiger partial charge on any atom is -0.860 e. The Labute approximate surface area is 153 Å². The lowest BCUT2D eigenvalue weighted by Crippen LogP contribution is -2.50. The number of hydrogen-bond donors (Lipinski definition) is 1. The number of amides is 2. The molecule has 0 saturated carbocycles. The Morgan fingerprint density at radius 1 is 1.04 bits per heavy atom. The van der Waals surface area contributed by atoms with Gasteiger partial charge in [0.05, 0.1) is 17.2 Å². The summed E-state index contributed by atoms with van der Waals surface area (Å²) in [5, 5.41) is 25.6. The maximum atomic E-state index is 12.8. The van der Waals surface area contributed by atoms with E-state index < -0.39 is 23.8 Å². The van der Waals surface area contributed by atoms with Crippen molar-refractivity contribution in [3.63, 3.8) is 0 Å². The number of fused-ring (bicyclic) bond motifs is 1. The van der Waals surface area contributed by atoms with Crippen LogP contribution in [0.15, 0.2) is 59.6 Å². The van der Waals surface area contributed by atoms with E-state index in [1.165, 1.54) is 0 Å². The molecule has 0 radical (unpaired) electrons. The van der Waals surface area contributed by atoms with Crippen molar-refractivity contribution in [2.75, 3.05) is 0 Å². The number of aliphatic imine (C=N–C) groups is 1. The molecular weight excluding hydrogens is 348 g/mol. The molecule has 2 aromatic carbocycles. The molecule has 0 aliphatic carbocycles. The van der Waals surface area contributed by atoms with E-state index in [4.69, 9.17) is 0 Å².